The molecule has 1 aromatic heterocycles. The van der Waals surface area contributed by atoms with Crippen molar-refractivity contribution < 1.29 is 9.53 Å². The van der Waals surface area contributed by atoms with Crippen LogP contribution < -0.4 is 0 Å². The Labute approximate surface area is 118 Å². The van der Waals surface area contributed by atoms with E-state index in [1.165, 1.54) is 18.4 Å². The molecule has 0 N–H and O–H groups in total. The van der Waals surface area contributed by atoms with Gasteiger partial charge in [0.05, 0.1) is 7.11 Å². The molecular weight excluding hydrogens is 314 g/mol. The number of aromatic nitrogens is 1. The molecule has 0 aliphatic carbocycles. The number of nitrogens with zero attached hydrogens (tertiary/aromatic N) is 1. The second-order valence-electron chi connectivity index (χ2n) is 3.88. The molecule has 0 radical (unpaired) electrons. The lowest BCUT2D eigenvalue weighted by Gasteiger charge is -2.00. The van der Waals surface area contributed by atoms with Crippen molar-refractivity contribution in [1.29, 1.82) is 0 Å². The van der Waals surface area contributed by atoms with Gasteiger partial charge in [-0.05, 0) is 31.5 Å². The van der Waals surface area contributed by atoms with E-state index in [1.54, 1.807) is 0 Å². The fourth-order valence-corrected chi connectivity index (χ4v) is 2.73. The predicted molar refractivity (Wildman–Crippen MR) is 76.1 cm³/mol. The number of carbonyl (C=O) groups is 1. The first-order chi connectivity index (χ1) is 8.52. The number of thiazole rings is 1. The second-order valence-corrected chi connectivity index (χ2v) is 5.94. The van der Waals surface area contributed by atoms with Crippen molar-refractivity contribution in [3.63, 3.8) is 0 Å². The minimum absolute atomic E-state index is 0.385. The summed E-state index contributed by atoms with van der Waals surface area (Å²) < 4.78 is 5.77. The topological polar surface area (TPSA) is 39.2 Å². The van der Waals surface area contributed by atoms with Crippen LogP contribution in [0.15, 0.2) is 22.7 Å². The molecule has 3 nitrogen and oxygen atoms in total. The maximum Gasteiger partial charge on any atom is 0.357 e. The molecule has 94 valence electrons. The van der Waals surface area contributed by atoms with Crippen molar-refractivity contribution >= 4 is 33.2 Å². The molecule has 2 aromatic rings. The molecule has 0 atom stereocenters. The summed E-state index contributed by atoms with van der Waals surface area (Å²) in [5.74, 6) is -0.385. The highest BCUT2D eigenvalue weighted by molar-refractivity contribution is 9.10. The zero-order valence-electron chi connectivity index (χ0n) is 10.3. The molecule has 0 spiro atoms. The number of esters is 1. The fourth-order valence-electron chi connectivity index (χ4n) is 1.58. The average Bonchev–Trinajstić information content (AvgIpc) is 2.74. The standard InChI is InChI=1S/C13H12BrNO2S/c1-7-6-9(4-5-10(7)14)12-15-11(8(2)18-12)13(16)17-3/h4-6H,1-3H3. The van der Waals surface area contributed by atoms with Gasteiger partial charge in [0, 0.05) is 14.9 Å². The van der Waals surface area contributed by atoms with Crippen LogP contribution >= 0.6 is 27.3 Å². The lowest BCUT2D eigenvalue weighted by Crippen LogP contribution is -2.03. The Kier molecular flexibility index (Phi) is 3.82. The van der Waals surface area contributed by atoms with Crippen molar-refractivity contribution in [2.45, 2.75) is 13.8 Å². The van der Waals surface area contributed by atoms with Crippen LogP contribution in [0.25, 0.3) is 10.6 Å². The molecule has 0 aliphatic rings. The van der Waals surface area contributed by atoms with Crippen molar-refractivity contribution in [3.05, 3.63) is 38.8 Å². The molecule has 1 heterocycles. The van der Waals surface area contributed by atoms with Crippen LogP contribution in [0, 0.1) is 13.8 Å². The number of hydrogen-bond acceptors (Lipinski definition) is 4. The lowest BCUT2D eigenvalue weighted by atomic mass is 10.1. The molecule has 0 bridgehead atoms. The van der Waals surface area contributed by atoms with Gasteiger partial charge in [-0.2, -0.15) is 0 Å². The van der Waals surface area contributed by atoms with Crippen molar-refractivity contribution in [1.82, 2.24) is 4.98 Å². The first kappa shape index (κ1) is 13.2. The molecule has 0 aliphatic heterocycles. The molecule has 5 heteroatoms. The van der Waals surface area contributed by atoms with E-state index in [0.717, 1.165) is 25.5 Å². The Morgan fingerprint density at radius 1 is 1.39 bits per heavy atom. The first-order valence-corrected chi connectivity index (χ1v) is 6.96. The zero-order chi connectivity index (χ0) is 13.3. The average molecular weight is 326 g/mol. The number of carbonyl (C=O) groups excluding carboxylic acids is 1. The van der Waals surface area contributed by atoms with Crippen LogP contribution in [0.5, 0.6) is 0 Å². The summed E-state index contributed by atoms with van der Waals surface area (Å²) in [4.78, 5) is 16.7. The molecule has 0 amide bonds. The van der Waals surface area contributed by atoms with Gasteiger partial charge in [-0.3, -0.25) is 0 Å². The Bertz CT molecular complexity index is 607. The number of halogens is 1. The van der Waals surface area contributed by atoms with Crippen molar-refractivity contribution in [2.24, 2.45) is 0 Å². The summed E-state index contributed by atoms with van der Waals surface area (Å²) in [6.07, 6.45) is 0. The van der Waals surface area contributed by atoms with Gasteiger partial charge in [-0.15, -0.1) is 11.3 Å². The third-order valence-electron chi connectivity index (χ3n) is 2.58. The Morgan fingerprint density at radius 2 is 2.11 bits per heavy atom. The Morgan fingerprint density at radius 3 is 2.72 bits per heavy atom. The van der Waals surface area contributed by atoms with E-state index < -0.39 is 0 Å². The van der Waals surface area contributed by atoms with Crippen LogP contribution in [0.3, 0.4) is 0 Å². The number of benzene rings is 1. The molecule has 18 heavy (non-hydrogen) atoms. The summed E-state index contributed by atoms with van der Waals surface area (Å²) in [5, 5.41) is 0.837. The Balaban J connectivity index is 2.45. The normalized spacial score (nSPS) is 10.4. The highest BCUT2D eigenvalue weighted by Crippen LogP contribution is 2.30. The molecule has 2 rings (SSSR count). The monoisotopic (exact) mass is 325 g/mol. The van der Waals surface area contributed by atoms with E-state index in [9.17, 15) is 4.79 Å². The number of rotatable bonds is 2. The van der Waals surface area contributed by atoms with Gasteiger partial charge in [0.25, 0.3) is 0 Å². The van der Waals surface area contributed by atoms with Crippen LogP contribution in [0.1, 0.15) is 20.9 Å². The van der Waals surface area contributed by atoms with Gasteiger partial charge in [0.15, 0.2) is 5.69 Å². The van der Waals surface area contributed by atoms with E-state index in [0.29, 0.717) is 5.69 Å². The molecule has 1 aromatic carbocycles. The minimum atomic E-state index is -0.385. The summed E-state index contributed by atoms with van der Waals surface area (Å²) in [7, 11) is 1.37. The van der Waals surface area contributed by atoms with E-state index >= 15 is 0 Å². The maximum atomic E-state index is 11.5. The third-order valence-corrected chi connectivity index (χ3v) is 4.49. The van der Waals surface area contributed by atoms with Crippen LogP contribution in [0.2, 0.25) is 0 Å². The molecule has 0 unspecified atom stereocenters. The second kappa shape index (κ2) is 5.20. The van der Waals surface area contributed by atoms with Gasteiger partial charge in [0.1, 0.15) is 5.01 Å². The van der Waals surface area contributed by atoms with E-state index in [2.05, 4.69) is 20.9 Å². The zero-order valence-corrected chi connectivity index (χ0v) is 12.7. The highest BCUT2D eigenvalue weighted by Gasteiger charge is 2.16. The van der Waals surface area contributed by atoms with Gasteiger partial charge < -0.3 is 4.74 Å². The van der Waals surface area contributed by atoms with Gasteiger partial charge in [0.2, 0.25) is 0 Å². The van der Waals surface area contributed by atoms with E-state index in [4.69, 9.17) is 4.74 Å². The first-order valence-electron chi connectivity index (χ1n) is 5.35. The molecule has 0 fully saturated rings. The number of aryl methyl sites for hydroxylation is 2. The van der Waals surface area contributed by atoms with Crippen LogP contribution in [-0.2, 0) is 4.74 Å². The minimum Gasteiger partial charge on any atom is -0.464 e. The number of methoxy groups -OCH3 is 1. The molecular formula is C13H12BrNO2S. The van der Waals surface area contributed by atoms with Crippen LogP contribution in [-0.4, -0.2) is 18.1 Å². The fraction of sp³-hybridized carbons (Fsp3) is 0.231. The number of ether oxygens (including phenoxy) is 1. The third kappa shape index (κ3) is 2.47. The SMILES string of the molecule is COC(=O)c1nc(-c2ccc(Br)c(C)c2)sc1C. The summed E-state index contributed by atoms with van der Waals surface area (Å²) in [5.41, 5.74) is 2.55. The van der Waals surface area contributed by atoms with Gasteiger partial charge >= 0.3 is 5.97 Å². The maximum absolute atomic E-state index is 11.5. The van der Waals surface area contributed by atoms with Crippen LogP contribution in [0.4, 0.5) is 0 Å². The van der Waals surface area contributed by atoms with Crippen molar-refractivity contribution in [3.8, 4) is 10.6 Å². The predicted octanol–water partition coefficient (Wildman–Crippen LogP) is 3.98. The molecule has 0 saturated heterocycles. The highest BCUT2D eigenvalue weighted by atomic mass is 79.9. The summed E-state index contributed by atoms with van der Waals surface area (Å²) in [6, 6.07) is 6.01. The summed E-state index contributed by atoms with van der Waals surface area (Å²) in [6.45, 7) is 3.90. The van der Waals surface area contributed by atoms with E-state index in [1.807, 2.05) is 32.0 Å². The van der Waals surface area contributed by atoms with Crippen molar-refractivity contribution in [2.75, 3.05) is 7.11 Å². The molecule has 0 saturated carbocycles. The lowest BCUT2D eigenvalue weighted by molar-refractivity contribution is 0.0594. The van der Waals surface area contributed by atoms with Gasteiger partial charge in [-0.25, -0.2) is 9.78 Å². The van der Waals surface area contributed by atoms with E-state index in [-0.39, 0.29) is 5.97 Å². The summed E-state index contributed by atoms with van der Waals surface area (Å²) >= 11 is 4.96. The Hall–Kier alpha value is -1.20. The van der Waals surface area contributed by atoms with Gasteiger partial charge in [-0.1, -0.05) is 22.0 Å². The number of hydrogen-bond donors (Lipinski definition) is 0. The quantitative estimate of drug-likeness (QED) is 0.784. The largest absolute Gasteiger partial charge is 0.464 e. The smallest absolute Gasteiger partial charge is 0.357 e.